The largest absolute Gasteiger partial charge is 0.455 e. The van der Waals surface area contributed by atoms with Crippen molar-refractivity contribution in [3.8, 4) is 67.4 Å². The SMILES string of the molecule is c1ccc(-c2cc(-c3ccc(-c4ccc(-c5nc6c(-c7cccc8c7oc7ccccc78)cccc6c6c5oc5ccccc56)cc4)cc3)cc(-c3ccccn3)n2)nc1. The van der Waals surface area contributed by atoms with E-state index < -0.39 is 0 Å². The predicted molar refractivity (Wildman–Crippen MR) is 242 cm³/mol. The van der Waals surface area contributed by atoms with Gasteiger partial charge in [0.05, 0.1) is 28.3 Å². The zero-order chi connectivity index (χ0) is 39.6. The van der Waals surface area contributed by atoms with E-state index >= 15 is 0 Å². The summed E-state index contributed by atoms with van der Waals surface area (Å²) in [5.41, 5.74) is 15.6. The number of hydrogen-bond acceptors (Lipinski definition) is 6. The van der Waals surface area contributed by atoms with Crippen LogP contribution in [0.4, 0.5) is 0 Å². The summed E-state index contributed by atoms with van der Waals surface area (Å²) in [4.78, 5) is 19.6. The first-order valence-electron chi connectivity index (χ1n) is 19.9. The van der Waals surface area contributed by atoms with Crippen molar-refractivity contribution in [1.82, 2.24) is 19.9 Å². The molecular formula is C54H32N4O2. The minimum absolute atomic E-state index is 0.771. The van der Waals surface area contributed by atoms with Crippen LogP contribution in [0.5, 0.6) is 0 Å². The van der Waals surface area contributed by atoms with Crippen LogP contribution in [0.25, 0.3) is 122 Å². The van der Waals surface area contributed by atoms with E-state index in [2.05, 4.69) is 131 Å². The van der Waals surface area contributed by atoms with Gasteiger partial charge in [0.25, 0.3) is 0 Å². The van der Waals surface area contributed by atoms with Gasteiger partial charge >= 0.3 is 0 Å². The average Bonchev–Trinajstić information content (AvgIpc) is 3.91. The summed E-state index contributed by atoms with van der Waals surface area (Å²) in [6.45, 7) is 0. The van der Waals surface area contributed by atoms with Gasteiger partial charge in [0.2, 0.25) is 0 Å². The van der Waals surface area contributed by atoms with Crippen molar-refractivity contribution < 1.29 is 8.83 Å². The highest BCUT2D eigenvalue weighted by Gasteiger charge is 2.21. The van der Waals surface area contributed by atoms with Crippen molar-refractivity contribution >= 4 is 54.8 Å². The van der Waals surface area contributed by atoms with Crippen LogP contribution in [-0.2, 0) is 0 Å². The number of furan rings is 2. The van der Waals surface area contributed by atoms with Gasteiger partial charge in [-0.3, -0.25) is 9.97 Å². The van der Waals surface area contributed by atoms with E-state index in [1.165, 1.54) is 0 Å². The molecule has 0 saturated heterocycles. The van der Waals surface area contributed by atoms with Crippen LogP contribution < -0.4 is 0 Å². The lowest BCUT2D eigenvalue weighted by molar-refractivity contribution is 0.669. The molecule has 280 valence electrons. The molecule has 6 aromatic carbocycles. The molecule has 6 nitrogen and oxygen atoms in total. The van der Waals surface area contributed by atoms with Crippen LogP contribution in [0, 0.1) is 0 Å². The first kappa shape index (κ1) is 33.9. The molecule has 6 heteroatoms. The summed E-state index contributed by atoms with van der Waals surface area (Å²) in [5, 5.41) is 5.34. The topological polar surface area (TPSA) is 77.8 Å². The number of fused-ring (bicyclic) bond motifs is 8. The number of nitrogens with zero attached hydrogens (tertiary/aromatic N) is 4. The second-order valence-electron chi connectivity index (χ2n) is 15.0. The Kier molecular flexibility index (Phi) is 7.74. The standard InChI is InChI=1S/C54H32N4O2/c1-3-19-48-38(11-1)40-14-10-15-41(53(40)59-48)39-13-9-16-43-50-42-12-2-4-20-49(42)60-54(50)51(58-52(39)43)36-27-25-34(26-28-36)33-21-23-35(24-22-33)37-31-46(44-17-5-7-29-55-44)57-47(32-37)45-18-6-8-30-56-45/h1-32H. The fourth-order valence-electron chi connectivity index (χ4n) is 8.54. The molecule has 0 aliphatic rings. The molecule has 0 saturated carbocycles. The van der Waals surface area contributed by atoms with E-state index in [0.29, 0.717) is 0 Å². The Hall–Kier alpha value is -8.22. The third kappa shape index (κ3) is 5.57. The summed E-state index contributed by atoms with van der Waals surface area (Å²) < 4.78 is 13.2. The van der Waals surface area contributed by atoms with E-state index in [0.717, 1.165) is 122 Å². The summed E-state index contributed by atoms with van der Waals surface area (Å²) in [7, 11) is 0. The maximum Gasteiger partial charge on any atom is 0.162 e. The molecule has 0 unspecified atom stereocenters. The number of para-hydroxylation sites is 4. The van der Waals surface area contributed by atoms with E-state index in [1.54, 1.807) is 12.4 Å². The number of rotatable bonds is 6. The number of benzene rings is 6. The van der Waals surface area contributed by atoms with E-state index in [1.807, 2.05) is 60.7 Å². The van der Waals surface area contributed by atoms with Gasteiger partial charge in [-0.15, -0.1) is 0 Å². The van der Waals surface area contributed by atoms with E-state index in [-0.39, 0.29) is 0 Å². The highest BCUT2D eigenvalue weighted by atomic mass is 16.3. The second-order valence-corrected chi connectivity index (χ2v) is 15.0. The Morgan fingerprint density at radius 3 is 1.50 bits per heavy atom. The second kappa shape index (κ2) is 13.7. The molecule has 0 aliphatic carbocycles. The molecule has 0 aliphatic heterocycles. The van der Waals surface area contributed by atoms with Crippen LogP contribution in [-0.4, -0.2) is 19.9 Å². The third-order valence-electron chi connectivity index (χ3n) is 11.4. The molecule has 0 bridgehead atoms. The minimum Gasteiger partial charge on any atom is -0.455 e. The van der Waals surface area contributed by atoms with Crippen molar-refractivity contribution in [3.05, 3.63) is 194 Å². The molecular weight excluding hydrogens is 737 g/mol. The molecule has 60 heavy (non-hydrogen) atoms. The van der Waals surface area contributed by atoms with Crippen LogP contribution in [0.3, 0.4) is 0 Å². The monoisotopic (exact) mass is 768 g/mol. The minimum atomic E-state index is 0.771. The van der Waals surface area contributed by atoms with Crippen molar-refractivity contribution in [2.24, 2.45) is 0 Å². The lowest BCUT2D eigenvalue weighted by Gasteiger charge is -2.12. The number of aromatic nitrogens is 4. The Morgan fingerprint density at radius 1 is 0.333 bits per heavy atom. The third-order valence-corrected chi connectivity index (χ3v) is 11.4. The Labute approximate surface area is 344 Å². The lowest BCUT2D eigenvalue weighted by atomic mass is 9.95. The molecule has 6 heterocycles. The van der Waals surface area contributed by atoms with Crippen LogP contribution >= 0.6 is 0 Å². The Balaban J connectivity index is 0.955. The summed E-state index contributed by atoms with van der Waals surface area (Å²) in [6.07, 6.45) is 3.59. The van der Waals surface area contributed by atoms with Gasteiger partial charge in [0.1, 0.15) is 22.4 Å². The number of hydrogen-bond donors (Lipinski definition) is 0. The summed E-state index contributed by atoms with van der Waals surface area (Å²) in [5.74, 6) is 0. The van der Waals surface area contributed by atoms with Gasteiger partial charge in [-0.1, -0.05) is 133 Å². The highest BCUT2D eigenvalue weighted by molar-refractivity contribution is 6.23. The maximum absolute atomic E-state index is 6.65. The highest BCUT2D eigenvalue weighted by Crippen LogP contribution is 2.44. The van der Waals surface area contributed by atoms with Crippen molar-refractivity contribution in [2.75, 3.05) is 0 Å². The molecule has 0 spiro atoms. The van der Waals surface area contributed by atoms with E-state index in [4.69, 9.17) is 18.8 Å². The molecule has 0 fully saturated rings. The Morgan fingerprint density at radius 2 is 0.850 bits per heavy atom. The first-order chi connectivity index (χ1) is 29.7. The van der Waals surface area contributed by atoms with Crippen molar-refractivity contribution in [1.29, 1.82) is 0 Å². The van der Waals surface area contributed by atoms with E-state index in [9.17, 15) is 0 Å². The van der Waals surface area contributed by atoms with Crippen molar-refractivity contribution in [2.45, 2.75) is 0 Å². The molecule has 12 rings (SSSR count). The maximum atomic E-state index is 6.65. The zero-order valence-corrected chi connectivity index (χ0v) is 32.1. The molecule has 0 radical (unpaired) electrons. The van der Waals surface area contributed by atoms with Gasteiger partial charge in [0.15, 0.2) is 5.58 Å². The first-order valence-corrected chi connectivity index (χ1v) is 19.9. The molecule has 6 aromatic heterocycles. The number of pyridine rings is 4. The fourth-order valence-corrected chi connectivity index (χ4v) is 8.54. The molecule has 12 aromatic rings. The van der Waals surface area contributed by atoms with Crippen LogP contribution in [0.2, 0.25) is 0 Å². The van der Waals surface area contributed by atoms with Crippen LogP contribution in [0.15, 0.2) is 203 Å². The van der Waals surface area contributed by atoms with Gasteiger partial charge in [-0.2, -0.15) is 0 Å². The molecule has 0 atom stereocenters. The fraction of sp³-hybridized carbons (Fsp3) is 0. The predicted octanol–water partition coefficient (Wildman–Crippen LogP) is 14.2. The van der Waals surface area contributed by atoms with Gasteiger partial charge in [0, 0.05) is 56.0 Å². The summed E-state index contributed by atoms with van der Waals surface area (Å²) >= 11 is 0. The molecule has 0 amide bonds. The van der Waals surface area contributed by atoms with Gasteiger partial charge < -0.3 is 8.83 Å². The normalized spacial score (nSPS) is 11.7. The lowest BCUT2D eigenvalue weighted by Crippen LogP contribution is -1.94. The molecule has 0 N–H and O–H groups in total. The zero-order valence-electron chi connectivity index (χ0n) is 32.1. The van der Waals surface area contributed by atoms with Crippen LogP contribution in [0.1, 0.15) is 0 Å². The van der Waals surface area contributed by atoms with Gasteiger partial charge in [-0.25, -0.2) is 9.97 Å². The summed E-state index contributed by atoms with van der Waals surface area (Å²) in [6, 6.07) is 62.4. The Bertz CT molecular complexity index is 3520. The van der Waals surface area contributed by atoms with Crippen molar-refractivity contribution in [3.63, 3.8) is 0 Å². The average molecular weight is 769 g/mol. The van der Waals surface area contributed by atoms with Gasteiger partial charge in [-0.05, 0) is 70.8 Å². The quantitative estimate of drug-likeness (QED) is 0.168. The smallest absolute Gasteiger partial charge is 0.162 e.